The summed E-state index contributed by atoms with van der Waals surface area (Å²) >= 11 is 0. The van der Waals surface area contributed by atoms with Gasteiger partial charge in [0.2, 0.25) is 0 Å². The zero-order valence-corrected chi connectivity index (χ0v) is 18.4. The van der Waals surface area contributed by atoms with Gasteiger partial charge in [-0.1, -0.05) is 43.7 Å². The van der Waals surface area contributed by atoms with E-state index >= 15 is 0 Å². The van der Waals surface area contributed by atoms with Crippen LogP contribution in [0.5, 0.6) is 0 Å². The highest BCUT2D eigenvalue weighted by Gasteiger charge is 2.27. The van der Waals surface area contributed by atoms with Crippen LogP contribution in [-0.4, -0.2) is 36.1 Å². The van der Waals surface area contributed by atoms with Crippen molar-refractivity contribution in [1.82, 2.24) is 30.1 Å². The largest absolute Gasteiger partial charge is 0.322 e. The van der Waals surface area contributed by atoms with E-state index in [2.05, 4.69) is 49.1 Å². The molecule has 1 aromatic carbocycles. The molecule has 2 heterocycles. The normalized spacial score (nSPS) is 18.4. The van der Waals surface area contributed by atoms with Crippen molar-refractivity contribution in [2.45, 2.75) is 89.9 Å². The molecule has 0 saturated heterocycles. The Hall–Kier alpha value is -2.54. The van der Waals surface area contributed by atoms with E-state index in [4.69, 9.17) is 0 Å². The molecule has 31 heavy (non-hydrogen) atoms. The van der Waals surface area contributed by atoms with Crippen molar-refractivity contribution < 1.29 is 0 Å². The molecular weight excluding hydrogens is 388 g/mol. The van der Waals surface area contributed by atoms with Gasteiger partial charge in [-0.25, -0.2) is 4.68 Å². The lowest BCUT2D eigenvalue weighted by atomic mass is 9.95. The molecule has 0 aliphatic heterocycles. The number of hydrogen-bond acceptors (Lipinski definition) is 5. The molecule has 3 aromatic rings. The third-order valence-corrected chi connectivity index (χ3v) is 7.12. The number of nitrogens with one attached hydrogen (secondary N) is 1. The van der Waals surface area contributed by atoms with Crippen LogP contribution in [0.1, 0.15) is 80.8 Å². The van der Waals surface area contributed by atoms with Crippen molar-refractivity contribution in [2.24, 2.45) is 0 Å². The van der Waals surface area contributed by atoms with Gasteiger partial charge in [-0.05, 0) is 66.6 Å². The fourth-order valence-electron chi connectivity index (χ4n) is 5.40. The first kappa shape index (κ1) is 20.4. The molecule has 5 rings (SSSR count). The molecule has 2 aromatic heterocycles. The van der Waals surface area contributed by atoms with Crippen molar-refractivity contribution in [1.29, 1.82) is 0 Å². The van der Waals surface area contributed by atoms with E-state index in [1.54, 1.807) is 0 Å². The Labute approximate surface area is 182 Å². The molecule has 0 unspecified atom stereocenters. The molecule has 0 amide bonds. The van der Waals surface area contributed by atoms with Gasteiger partial charge >= 0.3 is 0 Å². The van der Waals surface area contributed by atoms with Gasteiger partial charge in [0, 0.05) is 23.7 Å². The summed E-state index contributed by atoms with van der Waals surface area (Å²) in [6.45, 7) is 3.40. The van der Waals surface area contributed by atoms with Gasteiger partial charge in [-0.15, -0.1) is 5.10 Å². The molecular formula is C24H32N6O. The number of aryl methyl sites for hydroxylation is 1. The average molecular weight is 421 g/mol. The van der Waals surface area contributed by atoms with Crippen molar-refractivity contribution in [3.63, 3.8) is 0 Å². The predicted molar refractivity (Wildman–Crippen MR) is 121 cm³/mol. The highest BCUT2D eigenvalue weighted by Crippen LogP contribution is 2.30. The molecule has 7 heteroatoms. The highest BCUT2D eigenvalue weighted by atomic mass is 16.1. The molecule has 2 aliphatic carbocycles. The Morgan fingerprint density at radius 2 is 1.81 bits per heavy atom. The third kappa shape index (κ3) is 4.42. The van der Waals surface area contributed by atoms with Gasteiger partial charge in [-0.2, -0.15) is 0 Å². The van der Waals surface area contributed by atoms with Crippen molar-refractivity contribution >= 4 is 10.9 Å². The monoisotopic (exact) mass is 420 g/mol. The van der Waals surface area contributed by atoms with E-state index in [1.807, 2.05) is 12.1 Å². The fraction of sp³-hybridized carbons (Fsp3) is 0.583. The first-order valence-corrected chi connectivity index (χ1v) is 11.8. The standard InChI is InChI=1S/C24H32N6O/c1-17-11-12-22-18(13-17)14-19(24(31)25-22)15-29(20-7-5-6-8-20)16-23-26-27-28-30(23)21-9-3-2-4-10-21/h11-14,20-21H,2-10,15-16H2,1H3,(H,25,31). The Morgan fingerprint density at radius 3 is 2.61 bits per heavy atom. The van der Waals surface area contributed by atoms with Gasteiger partial charge in [0.1, 0.15) is 0 Å². The van der Waals surface area contributed by atoms with Gasteiger partial charge in [-0.3, -0.25) is 9.69 Å². The van der Waals surface area contributed by atoms with Crippen molar-refractivity contribution in [2.75, 3.05) is 0 Å². The molecule has 0 bridgehead atoms. The molecule has 0 atom stereocenters. The minimum atomic E-state index is 0.00576. The second kappa shape index (κ2) is 8.91. The lowest BCUT2D eigenvalue weighted by Gasteiger charge is -2.29. The van der Waals surface area contributed by atoms with Gasteiger partial charge < -0.3 is 4.98 Å². The summed E-state index contributed by atoms with van der Waals surface area (Å²) in [6, 6.07) is 9.11. The topological polar surface area (TPSA) is 79.7 Å². The number of tetrazole rings is 1. The molecule has 0 spiro atoms. The number of aromatic amines is 1. The maximum absolute atomic E-state index is 12.9. The number of pyridine rings is 1. The number of fused-ring (bicyclic) bond motifs is 1. The summed E-state index contributed by atoms with van der Waals surface area (Å²) < 4.78 is 2.06. The Kier molecular flexibility index (Phi) is 5.85. The number of hydrogen-bond donors (Lipinski definition) is 1. The van der Waals surface area contributed by atoms with E-state index in [9.17, 15) is 4.79 Å². The summed E-state index contributed by atoms with van der Waals surface area (Å²) in [5.74, 6) is 0.937. The number of H-pyrrole nitrogens is 1. The maximum Gasteiger partial charge on any atom is 0.252 e. The second-order valence-corrected chi connectivity index (χ2v) is 9.39. The highest BCUT2D eigenvalue weighted by molar-refractivity contribution is 5.79. The average Bonchev–Trinajstić information content (AvgIpc) is 3.47. The van der Waals surface area contributed by atoms with Crippen molar-refractivity contribution in [3.05, 3.63) is 51.6 Å². The summed E-state index contributed by atoms with van der Waals surface area (Å²) in [7, 11) is 0. The van der Waals surface area contributed by atoms with E-state index < -0.39 is 0 Å². The first-order valence-electron chi connectivity index (χ1n) is 11.8. The zero-order chi connectivity index (χ0) is 21.2. The van der Waals surface area contributed by atoms with Crippen molar-refractivity contribution in [3.8, 4) is 0 Å². The number of nitrogens with zero attached hydrogens (tertiary/aromatic N) is 5. The quantitative estimate of drug-likeness (QED) is 0.644. The van der Waals surface area contributed by atoms with Crippen LogP contribution in [0.25, 0.3) is 10.9 Å². The molecule has 0 radical (unpaired) electrons. The second-order valence-electron chi connectivity index (χ2n) is 9.39. The van der Waals surface area contributed by atoms with Crippen LogP contribution in [-0.2, 0) is 13.1 Å². The van der Waals surface area contributed by atoms with Crippen LogP contribution in [0.15, 0.2) is 29.1 Å². The summed E-state index contributed by atoms with van der Waals surface area (Å²) in [6.07, 6.45) is 11.0. The minimum absolute atomic E-state index is 0.00576. The van der Waals surface area contributed by atoms with Gasteiger partial charge in [0.05, 0.1) is 12.6 Å². The predicted octanol–water partition coefficient (Wildman–Crippen LogP) is 4.27. The zero-order valence-electron chi connectivity index (χ0n) is 18.4. The van der Waals surface area contributed by atoms with Crippen LogP contribution in [0, 0.1) is 6.92 Å². The molecule has 7 nitrogen and oxygen atoms in total. The number of aromatic nitrogens is 5. The van der Waals surface area contributed by atoms with Crippen LogP contribution in [0.4, 0.5) is 0 Å². The van der Waals surface area contributed by atoms with Crippen LogP contribution in [0.2, 0.25) is 0 Å². The lowest BCUT2D eigenvalue weighted by molar-refractivity contribution is 0.168. The van der Waals surface area contributed by atoms with Crippen LogP contribution in [0.3, 0.4) is 0 Å². The van der Waals surface area contributed by atoms with E-state index in [0.717, 1.165) is 35.1 Å². The molecule has 2 aliphatic rings. The Balaban J connectivity index is 1.43. The number of benzene rings is 1. The van der Waals surface area contributed by atoms with Crippen LogP contribution >= 0.6 is 0 Å². The van der Waals surface area contributed by atoms with Crippen LogP contribution < -0.4 is 5.56 Å². The maximum atomic E-state index is 12.9. The molecule has 1 N–H and O–H groups in total. The summed E-state index contributed by atoms with van der Waals surface area (Å²) in [4.78, 5) is 18.4. The summed E-state index contributed by atoms with van der Waals surface area (Å²) in [5, 5.41) is 13.9. The number of rotatable bonds is 6. The summed E-state index contributed by atoms with van der Waals surface area (Å²) in [5.41, 5.74) is 2.92. The fourth-order valence-corrected chi connectivity index (χ4v) is 5.40. The third-order valence-electron chi connectivity index (χ3n) is 7.12. The Bertz CT molecular complexity index is 1090. The smallest absolute Gasteiger partial charge is 0.252 e. The van der Waals surface area contributed by atoms with Gasteiger partial charge in [0.25, 0.3) is 5.56 Å². The first-order chi connectivity index (χ1) is 15.2. The molecule has 2 fully saturated rings. The van der Waals surface area contributed by atoms with E-state index in [-0.39, 0.29) is 5.56 Å². The minimum Gasteiger partial charge on any atom is -0.322 e. The van der Waals surface area contributed by atoms with E-state index in [1.165, 1.54) is 50.5 Å². The molecule has 2 saturated carbocycles. The van der Waals surface area contributed by atoms with Gasteiger partial charge in [0.15, 0.2) is 5.82 Å². The van der Waals surface area contributed by atoms with E-state index in [0.29, 0.717) is 25.2 Å². The SMILES string of the molecule is Cc1ccc2[nH]c(=O)c(CN(Cc3nnnn3C3CCCCC3)C3CCCC3)cc2c1. The molecule has 164 valence electrons. The Morgan fingerprint density at radius 1 is 1.03 bits per heavy atom. The lowest BCUT2D eigenvalue weighted by Crippen LogP contribution is -2.35.